The lowest BCUT2D eigenvalue weighted by atomic mass is 10.2. The van der Waals surface area contributed by atoms with E-state index in [-0.39, 0.29) is 0 Å². The maximum Gasteiger partial charge on any atom is 0.134 e. The van der Waals surface area contributed by atoms with Crippen LogP contribution in [0.15, 0.2) is 34.7 Å². The molecule has 0 aliphatic carbocycles. The van der Waals surface area contributed by atoms with Gasteiger partial charge in [-0.3, -0.25) is 0 Å². The first-order chi connectivity index (χ1) is 7.31. The van der Waals surface area contributed by atoms with E-state index in [1.807, 2.05) is 51.1 Å². The van der Waals surface area contributed by atoms with Crippen LogP contribution in [-0.2, 0) is 0 Å². The number of para-hydroxylation sites is 1. The Kier molecular flexibility index (Phi) is 4.37. The largest absolute Gasteiger partial charge is 0.458 e. The molecule has 1 aromatic carbocycles. The monoisotopic (exact) mass is 206 g/mol. The lowest BCUT2D eigenvalue weighted by Gasteiger charge is -2.00. The van der Waals surface area contributed by atoms with E-state index in [0.29, 0.717) is 12.2 Å². The number of hydrogen-bond donors (Lipinski definition) is 1. The number of aliphatic hydroxyl groups is 1. The highest BCUT2D eigenvalue weighted by Gasteiger charge is 2.10. The first-order valence-corrected chi connectivity index (χ1v) is 5.48. The standard InChI is InChI=1S/C11H12O2.C2H6/c1-2-9(12)11-7-8-5-3-4-6-10(8)13-11;1-2/h3-7,9,12H,2H2,1H3;1-2H3. The minimum atomic E-state index is -0.479. The van der Waals surface area contributed by atoms with Gasteiger partial charge in [0.2, 0.25) is 0 Å². The fourth-order valence-corrected chi connectivity index (χ4v) is 1.37. The topological polar surface area (TPSA) is 33.4 Å². The molecule has 1 aromatic heterocycles. The van der Waals surface area contributed by atoms with E-state index >= 15 is 0 Å². The first kappa shape index (κ1) is 11.8. The molecular weight excluding hydrogens is 188 g/mol. The van der Waals surface area contributed by atoms with Crippen LogP contribution in [-0.4, -0.2) is 5.11 Å². The Morgan fingerprint density at radius 2 is 1.93 bits per heavy atom. The van der Waals surface area contributed by atoms with Crippen molar-refractivity contribution in [1.82, 2.24) is 0 Å². The Bertz CT molecular complexity index is 371. The van der Waals surface area contributed by atoms with Gasteiger partial charge in [0.05, 0.1) is 0 Å². The van der Waals surface area contributed by atoms with E-state index in [1.54, 1.807) is 0 Å². The van der Waals surface area contributed by atoms with Crippen molar-refractivity contribution in [2.75, 3.05) is 0 Å². The number of rotatable bonds is 2. The predicted molar refractivity (Wildman–Crippen MR) is 62.8 cm³/mol. The highest BCUT2D eigenvalue weighted by atomic mass is 16.4. The van der Waals surface area contributed by atoms with Crippen LogP contribution in [0.5, 0.6) is 0 Å². The summed E-state index contributed by atoms with van der Waals surface area (Å²) >= 11 is 0. The van der Waals surface area contributed by atoms with E-state index in [0.717, 1.165) is 11.0 Å². The van der Waals surface area contributed by atoms with E-state index < -0.39 is 6.10 Å². The molecule has 0 saturated heterocycles. The number of benzene rings is 1. The average molecular weight is 206 g/mol. The Labute approximate surface area is 90.5 Å². The molecule has 82 valence electrons. The molecule has 0 bridgehead atoms. The smallest absolute Gasteiger partial charge is 0.134 e. The lowest BCUT2D eigenvalue weighted by Crippen LogP contribution is -1.90. The SMILES string of the molecule is CC.CCC(O)c1cc2ccccc2o1. The molecule has 0 spiro atoms. The van der Waals surface area contributed by atoms with Crippen LogP contribution in [0.3, 0.4) is 0 Å². The minimum Gasteiger partial charge on any atom is -0.458 e. The summed E-state index contributed by atoms with van der Waals surface area (Å²) in [4.78, 5) is 0. The van der Waals surface area contributed by atoms with Crippen molar-refractivity contribution in [2.45, 2.75) is 33.3 Å². The quantitative estimate of drug-likeness (QED) is 0.808. The van der Waals surface area contributed by atoms with Gasteiger partial charge in [0.15, 0.2) is 0 Å². The van der Waals surface area contributed by atoms with Crippen molar-refractivity contribution in [3.05, 3.63) is 36.1 Å². The van der Waals surface area contributed by atoms with E-state index in [1.165, 1.54) is 0 Å². The summed E-state index contributed by atoms with van der Waals surface area (Å²) in [6.45, 7) is 5.93. The normalized spacial score (nSPS) is 12.0. The molecule has 0 saturated carbocycles. The Morgan fingerprint density at radius 3 is 2.53 bits per heavy atom. The number of furan rings is 1. The first-order valence-electron chi connectivity index (χ1n) is 5.48. The van der Waals surface area contributed by atoms with Gasteiger partial charge in [0, 0.05) is 5.39 Å². The Balaban J connectivity index is 0.000000531. The van der Waals surface area contributed by atoms with Gasteiger partial charge >= 0.3 is 0 Å². The van der Waals surface area contributed by atoms with Gasteiger partial charge in [0.1, 0.15) is 17.4 Å². The molecule has 2 rings (SSSR count). The molecular formula is C13H18O2. The zero-order valence-corrected chi connectivity index (χ0v) is 9.53. The molecule has 0 amide bonds. The maximum atomic E-state index is 9.54. The van der Waals surface area contributed by atoms with Crippen LogP contribution in [0.2, 0.25) is 0 Å². The lowest BCUT2D eigenvalue weighted by molar-refractivity contribution is 0.148. The molecule has 2 nitrogen and oxygen atoms in total. The molecule has 0 radical (unpaired) electrons. The Hall–Kier alpha value is -1.28. The summed E-state index contributed by atoms with van der Waals surface area (Å²) in [5.74, 6) is 0.656. The van der Waals surface area contributed by atoms with Crippen molar-refractivity contribution in [2.24, 2.45) is 0 Å². The van der Waals surface area contributed by atoms with Crippen molar-refractivity contribution in [1.29, 1.82) is 0 Å². The van der Waals surface area contributed by atoms with Crippen molar-refractivity contribution in [3.8, 4) is 0 Å². The average Bonchev–Trinajstić information content (AvgIpc) is 2.74. The predicted octanol–water partition coefficient (Wildman–Crippen LogP) is 3.90. The second-order valence-electron chi connectivity index (χ2n) is 3.11. The number of aliphatic hydroxyl groups excluding tert-OH is 1. The second kappa shape index (κ2) is 5.56. The van der Waals surface area contributed by atoms with E-state index in [2.05, 4.69) is 0 Å². The summed E-state index contributed by atoms with van der Waals surface area (Å²) in [5, 5.41) is 10.6. The van der Waals surface area contributed by atoms with Crippen LogP contribution in [0, 0.1) is 0 Å². The summed E-state index contributed by atoms with van der Waals surface area (Å²) in [5.41, 5.74) is 0.838. The molecule has 0 aliphatic rings. The second-order valence-corrected chi connectivity index (χ2v) is 3.11. The van der Waals surface area contributed by atoms with Gasteiger partial charge in [-0.25, -0.2) is 0 Å². The summed E-state index contributed by atoms with van der Waals surface area (Å²) in [6, 6.07) is 9.66. The van der Waals surface area contributed by atoms with Gasteiger partial charge in [-0.15, -0.1) is 0 Å². The third-order valence-corrected chi connectivity index (χ3v) is 2.16. The zero-order chi connectivity index (χ0) is 11.3. The van der Waals surface area contributed by atoms with Crippen LogP contribution in [0.1, 0.15) is 39.1 Å². The zero-order valence-electron chi connectivity index (χ0n) is 9.53. The van der Waals surface area contributed by atoms with Gasteiger partial charge in [0.25, 0.3) is 0 Å². The maximum absolute atomic E-state index is 9.54. The fraction of sp³-hybridized carbons (Fsp3) is 0.385. The third-order valence-electron chi connectivity index (χ3n) is 2.16. The van der Waals surface area contributed by atoms with E-state index in [9.17, 15) is 5.11 Å². The molecule has 1 atom stereocenters. The highest BCUT2D eigenvalue weighted by Crippen LogP contribution is 2.24. The van der Waals surface area contributed by atoms with Crippen molar-refractivity contribution >= 4 is 11.0 Å². The van der Waals surface area contributed by atoms with Crippen LogP contribution < -0.4 is 0 Å². The fourth-order valence-electron chi connectivity index (χ4n) is 1.37. The molecule has 2 aromatic rings. The van der Waals surface area contributed by atoms with Crippen LogP contribution in [0.4, 0.5) is 0 Å². The van der Waals surface area contributed by atoms with Crippen molar-refractivity contribution < 1.29 is 9.52 Å². The molecule has 2 heteroatoms. The van der Waals surface area contributed by atoms with Crippen molar-refractivity contribution in [3.63, 3.8) is 0 Å². The van der Waals surface area contributed by atoms with Gasteiger partial charge in [-0.1, -0.05) is 39.0 Å². The van der Waals surface area contributed by atoms with Gasteiger partial charge in [-0.2, -0.15) is 0 Å². The van der Waals surface area contributed by atoms with Crippen LogP contribution >= 0.6 is 0 Å². The summed E-state index contributed by atoms with van der Waals surface area (Å²) in [6.07, 6.45) is 0.201. The molecule has 1 heterocycles. The Morgan fingerprint density at radius 1 is 1.27 bits per heavy atom. The molecule has 1 unspecified atom stereocenters. The van der Waals surface area contributed by atoms with Gasteiger partial charge < -0.3 is 9.52 Å². The molecule has 15 heavy (non-hydrogen) atoms. The molecule has 0 fully saturated rings. The minimum absolute atomic E-state index is 0.479. The molecule has 0 aliphatic heterocycles. The molecule has 1 N–H and O–H groups in total. The third kappa shape index (κ3) is 2.60. The number of fused-ring (bicyclic) bond motifs is 1. The summed E-state index contributed by atoms with van der Waals surface area (Å²) in [7, 11) is 0. The highest BCUT2D eigenvalue weighted by molar-refractivity contribution is 5.77. The van der Waals surface area contributed by atoms with Gasteiger partial charge in [-0.05, 0) is 18.6 Å². The van der Waals surface area contributed by atoms with Crippen LogP contribution in [0.25, 0.3) is 11.0 Å². The van der Waals surface area contributed by atoms with E-state index in [4.69, 9.17) is 4.42 Å². The number of hydrogen-bond acceptors (Lipinski definition) is 2. The summed E-state index contributed by atoms with van der Waals surface area (Å²) < 4.78 is 5.47.